The lowest BCUT2D eigenvalue weighted by atomic mass is 10.0. The van der Waals surface area contributed by atoms with Gasteiger partial charge in [0.05, 0.1) is 22.6 Å². The van der Waals surface area contributed by atoms with Crippen LogP contribution >= 0.6 is 22.9 Å². The summed E-state index contributed by atoms with van der Waals surface area (Å²) in [5.41, 5.74) is 4.88. The van der Waals surface area contributed by atoms with Gasteiger partial charge in [-0.15, -0.1) is 11.3 Å². The second-order valence-electron chi connectivity index (χ2n) is 8.31. The zero-order chi connectivity index (χ0) is 23.4. The summed E-state index contributed by atoms with van der Waals surface area (Å²) < 4.78 is 20.9. The molecule has 0 aliphatic carbocycles. The van der Waals surface area contributed by atoms with Gasteiger partial charge in [0.15, 0.2) is 0 Å². The standard InChI is InChI=1S/C26H19ClFN3O2S/c1-14-29-19-7-5-16(12-20(19)30-14)15-6-8-21-17(11-15)13-31(9-10-33-21)26(32)25-24(27)23-18(28)3-2-4-22(23)34-25/h2-8,11-12H,9-10,13H2,1H3,(H,29,30). The Bertz CT molecular complexity index is 1590. The molecule has 3 aromatic carbocycles. The molecule has 0 radical (unpaired) electrons. The zero-order valence-electron chi connectivity index (χ0n) is 18.2. The highest BCUT2D eigenvalue weighted by atomic mass is 35.5. The smallest absolute Gasteiger partial charge is 0.265 e. The lowest BCUT2D eigenvalue weighted by Gasteiger charge is -2.19. The number of thiophene rings is 1. The summed E-state index contributed by atoms with van der Waals surface area (Å²) in [7, 11) is 0. The first kappa shape index (κ1) is 21.1. The van der Waals surface area contributed by atoms with E-state index in [1.54, 1.807) is 17.0 Å². The minimum absolute atomic E-state index is 0.172. The molecule has 0 bridgehead atoms. The van der Waals surface area contributed by atoms with E-state index >= 15 is 0 Å². The molecule has 1 amide bonds. The Kier molecular flexibility index (Phi) is 5.04. The van der Waals surface area contributed by atoms with Crippen LogP contribution in [0.5, 0.6) is 5.75 Å². The van der Waals surface area contributed by atoms with E-state index in [1.165, 1.54) is 17.4 Å². The summed E-state index contributed by atoms with van der Waals surface area (Å²) in [4.78, 5) is 23.2. The molecule has 0 fully saturated rings. The number of aromatic nitrogens is 2. The average Bonchev–Trinajstić information content (AvgIpc) is 3.28. The molecule has 6 rings (SSSR count). The molecule has 0 atom stereocenters. The number of benzene rings is 3. The summed E-state index contributed by atoms with van der Waals surface area (Å²) >= 11 is 7.67. The van der Waals surface area contributed by atoms with E-state index in [-0.39, 0.29) is 10.9 Å². The maximum Gasteiger partial charge on any atom is 0.265 e. The highest BCUT2D eigenvalue weighted by molar-refractivity contribution is 7.21. The summed E-state index contributed by atoms with van der Waals surface area (Å²) in [6.45, 7) is 3.09. The molecule has 34 heavy (non-hydrogen) atoms. The number of nitrogens with one attached hydrogen (secondary N) is 1. The number of halogens is 2. The number of amides is 1. The fourth-order valence-electron chi connectivity index (χ4n) is 4.42. The minimum atomic E-state index is -0.420. The number of carbonyl (C=O) groups excluding carboxylic acids is 1. The van der Waals surface area contributed by atoms with Crippen LogP contribution in [0.3, 0.4) is 0 Å². The van der Waals surface area contributed by atoms with Crippen molar-refractivity contribution in [1.82, 2.24) is 14.9 Å². The highest BCUT2D eigenvalue weighted by Gasteiger charge is 2.26. The van der Waals surface area contributed by atoms with Gasteiger partial charge < -0.3 is 14.6 Å². The molecule has 2 aromatic heterocycles. The van der Waals surface area contributed by atoms with Crippen molar-refractivity contribution in [2.45, 2.75) is 13.5 Å². The normalized spacial score (nSPS) is 13.7. The first-order valence-corrected chi connectivity index (χ1v) is 12.1. The third kappa shape index (κ3) is 3.52. The molecular weight excluding hydrogens is 473 g/mol. The third-order valence-electron chi connectivity index (χ3n) is 6.06. The van der Waals surface area contributed by atoms with Crippen LogP contribution in [0, 0.1) is 12.7 Å². The summed E-state index contributed by atoms with van der Waals surface area (Å²) in [6.07, 6.45) is 0. The van der Waals surface area contributed by atoms with Crippen LogP contribution in [0.2, 0.25) is 5.02 Å². The van der Waals surface area contributed by atoms with Gasteiger partial charge in [0.1, 0.15) is 28.9 Å². The predicted octanol–water partition coefficient (Wildman–Crippen LogP) is 6.58. The number of hydrogen-bond donors (Lipinski definition) is 1. The van der Waals surface area contributed by atoms with E-state index in [2.05, 4.69) is 22.1 Å². The van der Waals surface area contributed by atoms with E-state index in [9.17, 15) is 9.18 Å². The Morgan fingerprint density at radius 2 is 2.00 bits per heavy atom. The van der Waals surface area contributed by atoms with E-state index in [0.29, 0.717) is 34.7 Å². The zero-order valence-corrected chi connectivity index (χ0v) is 19.8. The Labute approximate surface area is 203 Å². The molecule has 5 nitrogen and oxygen atoms in total. The largest absolute Gasteiger partial charge is 0.491 e. The predicted molar refractivity (Wildman–Crippen MR) is 133 cm³/mol. The van der Waals surface area contributed by atoms with Gasteiger partial charge in [0.25, 0.3) is 5.91 Å². The number of nitrogens with zero attached hydrogens (tertiary/aromatic N) is 2. The number of rotatable bonds is 2. The molecule has 5 aromatic rings. The summed E-state index contributed by atoms with van der Waals surface area (Å²) in [6, 6.07) is 16.9. The summed E-state index contributed by atoms with van der Waals surface area (Å²) in [5.74, 6) is 0.987. The van der Waals surface area contributed by atoms with Crippen molar-refractivity contribution in [2.24, 2.45) is 0 Å². The average molecular weight is 492 g/mol. The van der Waals surface area contributed by atoms with Crippen molar-refractivity contribution in [3.8, 4) is 16.9 Å². The topological polar surface area (TPSA) is 58.2 Å². The molecule has 170 valence electrons. The number of imidazole rings is 1. The van der Waals surface area contributed by atoms with Gasteiger partial charge in [0.2, 0.25) is 0 Å². The molecule has 1 N–H and O–H groups in total. The van der Waals surface area contributed by atoms with Crippen LogP contribution in [0.25, 0.3) is 32.2 Å². The monoisotopic (exact) mass is 491 g/mol. The second-order valence-corrected chi connectivity index (χ2v) is 9.74. The molecule has 1 aliphatic rings. The Morgan fingerprint density at radius 1 is 1.18 bits per heavy atom. The molecule has 0 saturated carbocycles. The van der Waals surface area contributed by atoms with Crippen LogP contribution in [0.4, 0.5) is 4.39 Å². The molecule has 0 unspecified atom stereocenters. The van der Waals surface area contributed by atoms with Gasteiger partial charge in [0, 0.05) is 22.2 Å². The van der Waals surface area contributed by atoms with Gasteiger partial charge in [-0.2, -0.15) is 0 Å². The Balaban J connectivity index is 1.34. The molecule has 0 saturated heterocycles. The van der Waals surface area contributed by atoms with Gasteiger partial charge in [-0.25, -0.2) is 9.37 Å². The van der Waals surface area contributed by atoms with Crippen molar-refractivity contribution in [1.29, 1.82) is 0 Å². The number of carbonyl (C=O) groups is 1. The molecule has 0 spiro atoms. The number of aryl methyl sites for hydroxylation is 1. The molecule has 3 heterocycles. The lowest BCUT2D eigenvalue weighted by molar-refractivity contribution is 0.0738. The van der Waals surface area contributed by atoms with Gasteiger partial charge in [-0.1, -0.05) is 29.8 Å². The van der Waals surface area contributed by atoms with Crippen LogP contribution in [-0.2, 0) is 6.54 Å². The van der Waals surface area contributed by atoms with Gasteiger partial charge in [-0.3, -0.25) is 4.79 Å². The van der Waals surface area contributed by atoms with Crippen LogP contribution in [0.15, 0.2) is 54.6 Å². The van der Waals surface area contributed by atoms with E-state index in [1.807, 2.05) is 31.2 Å². The number of hydrogen-bond acceptors (Lipinski definition) is 4. The molecule has 1 aliphatic heterocycles. The first-order valence-electron chi connectivity index (χ1n) is 10.9. The maximum atomic E-state index is 14.3. The number of fused-ring (bicyclic) bond motifs is 3. The SMILES string of the molecule is Cc1nc2ccc(-c3ccc4c(c3)CN(C(=O)c3sc5cccc(F)c5c3Cl)CCO4)cc2[nH]1. The van der Waals surface area contributed by atoms with Crippen LogP contribution in [0.1, 0.15) is 21.1 Å². The van der Waals surface area contributed by atoms with Crippen molar-refractivity contribution in [3.05, 3.63) is 81.7 Å². The fourth-order valence-corrected chi connectivity index (χ4v) is 5.94. The Morgan fingerprint density at radius 3 is 2.85 bits per heavy atom. The van der Waals surface area contributed by atoms with Crippen molar-refractivity contribution >= 4 is 50.0 Å². The van der Waals surface area contributed by atoms with E-state index < -0.39 is 5.82 Å². The number of ether oxygens (including phenoxy) is 1. The van der Waals surface area contributed by atoms with Crippen LogP contribution < -0.4 is 4.74 Å². The quantitative estimate of drug-likeness (QED) is 0.303. The number of aromatic amines is 1. The van der Waals surface area contributed by atoms with E-state index in [0.717, 1.165) is 39.3 Å². The van der Waals surface area contributed by atoms with Gasteiger partial charge >= 0.3 is 0 Å². The Hall–Kier alpha value is -3.42. The molecular formula is C26H19ClFN3O2S. The second kappa shape index (κ2) is 8.11. The summed E-state index contributed by atoms with van der Waals surface area (Å²) in [5, 5.41) is 0.473. The number of H-pyrrole nitrogens is 1. The maximum absolute atomic E-state index is 14.3. The minimum Gasteiger partial charge on any atom is -0.491 e. The van der Waals surface area contributed by atoms with Crippen molar-refractivity contribution in [2.75, 3.05) is 13.2 Å². The highest BCUT2D eigenvalue weighted by Crippen LogP contribution is 2.38. The van der Waals surface area contributed by atoms with Crippen molar-refractivity contribution in [3.63, 3.8) is 0 Å². The third-order valence-corrected chi connectivity index (χ3v) is 7.69. The van der Waals surface area contributed by atoms with Crippen molar-refractivity contribution < 1.29 is 13.9 Å². The lowest BCUT2D eigenvalue weighted by Crippen LogP contribution is -2.32. The molecule has 8 heteroatoms. The van der Waals surface area contributed by atoms with Crippen LogP contribution in [-0.4, -0.2) is 33.9 Å². The van der Waals surface area contributed by atoms with Gasteiger partial charge in [-0.05, 0) is 54.4 Å². The first-order chi connectivity index (χ1) is 16.5. The fraction of sp³-hybridized carbons (Fsp3) is 0.154. The van der Waals surface area contributed by atoms with E-state index in [4.69, 9.17) is 16.3 Å².